The van der Waals surface area contributed by atoms with Crippen molar-refractivity contribution in [3.8, 4) is 5.75 Å². The van der Waals surface area contributed by atoms with E-state index in [-0.39, 0.29) is 51.2 Å². The summed E-state index contributed by atoms with van der Waals surface area (Å²) < 4.78 is 36.6. The number of hydrogen-bond donors (Lipinski definition) is 10. The number of fused-ring (bicyclic) bond motifs is 2. The van der Waals surface area contributed by atoms with Crippen molar-refractivity contribution >= 4 is 117 Å². The second-order valence-electron chi connectivity index (χ2n) is 23.0. The summed E-state index contributed by atoms with van der Waals surface area (Å²) >= 11 is 3.35. The van der Waals surface area contributed by atoms with E-state index in [9.17, 15) is 51.9 Å². The number of aromatic amines is 1. The molecular weight excluding hydrogens is 1260 g/mol. The van der Waals surface area contributed by atoms with E-state index in [2.05, 4.69) is 69.6 Å². The van der Waals surface area contributed by atoms with Gasteiger partial charge in [0.1, 0.15) is 60.2 Å². The van der Waals surface area contributed by atoms with Gasteiger partial charge in [0, 0.05) is 115 Å². The first-order valence-electron chi connectivity index (χ1n) is 31.2. The molecule has 4 aromatic carbocycles. The SMILES string of the molecule is CN[C@@H](C)C(=O)NCC(=O)N(N)[C@@H](Cc1c[nH]c2ccc(F)cc12)C(=O)N[C@@H](Cc1cn(C)c2ccc(F)cc12)C(=O)NCC(=O)N[C@@H](CCC1=NC=NC1)C(=O)NC(CNc1ccc(OC)cc1)C(=O)N1CCCC1C(=O)NCCSCc1cccc(CSCCC=O)c1. The predicted octanol–water partition coefficient (Wildman–Crippen LogP) is 3.34. The molecule has 1 fully saturated rings. The van der Waals surface area contributed by atoms with Gasteiger partial charge in [-0.25, -0.2) is 19.6 Å². The fourth-order valence-corrected chi connectivity index (χ4v) is 12.6. The van der Waals surface area contributed by atoms with E-state index in [1.807, 2.05) is 12.1 Å². The Balaban J connectivity index is 0.981. The first-order valence-corrected chi connectivity index (χ1v) is 33.5. The number of nitrogens with two attached hydrogens (primary N) is 1. The van der Waals surface area contributed by atoms with E-state index in [0.29, 0.717) is 86.7 Å². The van der Waals surface area contributed by atoms with E-state index in [4.69, 9.17) is 10.6 Å². The van der Waals surface area contributed by atoms with Crippen LogP contribution in [0.25, 0.3) is 21.8 Å². The molecule has 6 atom stereocenters. The summed E-state index contributed by atoms with van der Waals surface area (Å²) in [6.07, 6.45) is 6.41. The molecule has 8 rings (SSSR count). The minimum absolute atomic E-state index is 0.0342. The largest absolute Gasteiger partial charge is 0.497 e. The highest BCUT2D eigenvalue weighted by Crippen LogP contribution is 2.26. The van der Waals surface area contributed by atoms with E-state index in [1.165, 1.54) is 60.4 Å². The highest BCUT2D eigenvalue weighted by molar-refractivity contribution is 7.98. The van der Waals surface area contributed by atoms with Gasteiger partial charge in [0.15, 0.2) is 0 Å². The molecule has 2 aromatic heterocycles. The number of aliphatic imine (C=N–C) groups is 2. The molecule has 1 saturated heterocycles. The second kappa shape index (κ2) is 35.4. The van der Waals surface area contributed by atoms with Crippen molar-refractivity contribution in [1.82, 2.24) is 56.7 Å². The quantitative estimate of drug-likeness (QED) is 0.00887. The maximum absolute atomic E-state index is 14.9. The van der Waals surface area contributed by atoms with Gasteiger partial charge >= 0.3 is 0 Å². The fourth-order valence-electron chi connectivity index (χ4n) is 11.0. The summed E-state index contributed by atoms with van der Waals surface area (Å²) in [6.45, 7) is 0.850. The molecule has 2 unspecified atom stereocenters. The number of rotatable bonds is 36. The molecule has 4 heterocycles. The maximum atomic E-state index is 14.9. The Morgan fingerprint density at radius 2 is 1.53 bits per heavy atom. The Morgan fingerprint density at radius 1 is 0.811 bits per heavy atom. The fraction of sp³-hybridized carbons (Fsp3) is 0.409. The third-order valence-corrected chi connectivity index (χ3v) is 18.4. The summed E-state index contributed by atoms with van der Waals surface area (Å²) in [5.74, 6) is 2.92. The Labute approximate surface area is 557 Å². The van der Waals surface area contributed by atoms with Crippen molar-refractivity contribution in [2.75, 3.05) is 70.2 Å². The Morgan fingerprint density at radius 3 is 2.24 bits per heavy atom. The van der Waals surface area contributed by atoms with Crippen molar-refractivity contribution in [1.29, 1.82) is 0 Å². The number of nitrogens with one attached hydrogen (secondary N) is 9. The summed E-state index contributed by atoms with van der Waals surface area (Å²) in [5, 5.41) is 23.7. The molecule has 8 amide bonds. The minimum Gasteiger partial charge on any atom is -0.497 e. The number of thioether (sulfide) groups is 2. The lowest BCUT2D eigenvalue weighted by atomic mass is 10.0. The molecule has 2 aliphatic heterocycles. The van der Waals surface area contributed by atoms with Gasteiger partial charge in [-0.2, -0.15) is 23.5 Å². The molecule has 11 N–H and O–H groups in total. The van der Waals surface area contributed by atoms with Crippen molar-refractivity contribution in [3.05, 3.63) is 131 Å². The van der Waals surface area contributed by atoms with E-state index in [1.54, 1.807) is 85.6 Å². The number of likely N-dealkylation sites (N-methyl/N-ethyl adjacent to an activating group) is 1. The van der Waals surface area contributed by atoms with Crippen molar-refractivity contribution < 1.29 is 56.7 Å². The molecule has 25 nitrogen and oxygen atoms in total. The third-order valence-electron chi connectivity index (χ3n) is 16.3. The van der Waals surface area contributed by atoms with Gasteiger partial charge in [-0.05, 0) is 123 Å². The van der Waals surface area contributed by atoms with Crippen molar-refractivity contribution in [3.63, 3.8) is 0 Å². The zero-order chi connectivity index (χ0) is 68.0. The number of hydrogen-bond acceptors (Lipinski definition) is 17. The van der Waals surface area contributed by atoms with Crippen LogP contribution in [0.2, 0.25) is 0 Å². The molecule has 506 valence electrons. The molecule has 0 aliphatic carbocycles. The van der Waals surface area contributed by atoms with Crippen LogP contribution in [0.3, 0.4) is 0 Å². The number of aromatic nitrogens is 2. The highest BCUT2D eigenvalue weighted by Gasteiger charge is 2.39. The molecular formula is C66H81F2N15O10S2. The second-order valence-corrected chi connectivity index (χ2v) is 25.2. The van der Waals surface area contributed by atoms with Gasteiger partial charge in [0.25, 0.3) is 5.91 Å². The maximum Gasteiger partial charge on any atom is 0.256 e. The van der Waals surface area contributed by atoms with Crippen LogP contribution in [0, 0.1) is 11.6 Å². The number of ether oxygens (including phenoxy) is 1. The first kappa shape index (κ1) is 71.7. The van der Waals surface area contributed by atoms with Gasteiger partial charge in [-0.3, -0.25) is 48.4 Å². The van der Waals surface area contributed by atoms with Crippen LogP contribution in [0.15, 0.2) is 107 Å². The number of carbonyl (C=O) groups is 9. The number of nitrogens with zero attached hydrogens (tertiary/aromatic N) is 5. The first-order chi connectivity index (χ1) is 45.8. The van der Waals surface area contributed by atoms with E-state index < -0.39 is 102 Å². The average molecular weight is 1350 g/mol. The zero-order valence-electron chi connectivity index (χ0n) is 53.3. The highest BCUT2D eigenvalue weighted by atomic mass is 32.2. The predicted molar refractivity (Wildman–Crippen MR) is 362 cm³/mol. The Bertz CT molecular complexity index is 3770. The standard InChI is InChI=1S/C66H81F2N15O10S2/c1-40(70-2)61(87)76-35-60(86)83(69)58(28-43-31-74-52-18-11-45(67)29-50(43)52)65(91)79-54(27-44-36-81(3)56-20-12-46(68)30-51(44)56)62(88)75-34-59(85)78-53(19-15-48-32-71-39-77-48)63(89)80-55(33-73-47-13-16-49(93-4)17-14-47)66(92)82-22-6-10-57(82)64(90)72-21-25-95-38-42-9-5-8-41(26-42)37-94-24-7-23-84/h5,8-9,11-14,16-18,20,23,26,29-31,36,39-40,53-55,57-58,70,73-74H,6-7,10,15,19,21-22,24-25,27-28,32-35,37-38,69H2,1-4H3,(H,72,90)(H,75,88)(H,76,87)(H,78,85)(H,79,91)(H,80,89)/t40-,53-,54-,55?,57?,58-/m0/s1. The van der Waals surface area contributed by atoms with Crippen LogP contribution in [0.4, 0.5) is 14.5 Å². The number of amides is 8. The number of anilines is 1. The van der Waals surface area contributed by atoms with Crippen LogP contribution < -0.4 is 53.1 Å². The van der Waals surface area contributed by atoms with Crippen molar-refractivity contribution in [2.24, 2.45) is 22.9 Å². The Kier molecular flexibility index (Phi) is 26.7. The van der Waals surface area contributed by atoms with Gasteiger partial charge in [0.05, 0.1) is 32.8 Å². The average Bonchev–Trinajstić information content (AvgIpc) is 1.72. The number of hydrazine groups is 1. The van der Waals surface area contributed by atoms with E-state index >= 15 is 0 Å². The van der Waals surface area contributed by atoms with Gasteiger partial charge in [0.2, 0.25) is 41.4 Å². The molecule has 0 bridgehead atoms. The number of likely N-dealkylation sites (tertiary alicyclic amines) is 1. The lowest BCUT2D eigenvalue weighted by Gasteiger charge is -2.30. The van der Waals surface area contributed by atoms with E-state index in [0.717, 1.165) is 29.1 Å². The van der Waals surface area contributed by atoms with Crippen LogP contribution in [-0.2, 0) is 74.5 Å². The van der Waals surface area contributed by atoms with Gasteiger partial charge in [-0.1, -0.05) is 24.3 Å². The summed E-state index contributed by atoms with van der Waals surface area (Å²) in [5.41, 5.74) is 5.37. The Hall–Kier alpha value is -9.19. The molecule has 2 aliphatic rings. The molecule has 0 saturated carbocycles. The van der Waals surface area contributed by atoms with Gasteiger partial charge < -0.3 is 66.5 Å². The number of aryl methyl sites for hydroxylation is 1. The van der Waals surface area contributed by atoms with Crippen LogP contribution >= 0.6 is 23.5 Å². The number of methoxy groups -OCH3 is 1. The molecule has 0 radical (unpaired) electrons. The molecule has 95 heavy (non-hydrogen) atoms. The number of H-pyrrole nitrogens is 1. The normalized spacial score (nSPS) is 15.0. The number of carbonyl (C=O) groups excluding carboxylic acids is 9. The lowest BCUT2D eigenvalue weighted by molar-refractivity contribution is -0.142. The summed E-state index contributed by atoms with van der Waals surface area (Å²) in [7, 11) is 4.78. The molecule has 0 spiro atoms. The zero-order valence-corrected chi connectivity index (χ0v) is 55.0. The minimum atomic E-state index is -1.61. The molecule has 29 heteroatoms. The number of halogens is 2. The smallest absolute Gasteiger partial charge is 0.256 e. The summed E-state index contributed by atoms with van der Waals surface area (Å²) in [6, 6.07) is 15.9. The third kappa shape index (κ3) is 20.4. The van der Waals surface area contributed by atoms with Crippen LogP contribution in [0.1, 0.15) is 61.3 Å². The summed E-state index contributed by atoms with van der Waals surface area (Å²) in [4.78, 5) is 137. The van der Waals surface area contributed by atoms with Crippen LogP contribution in [-0.4, -0.2) is 186 Å². The number of aldehydes is 1. The monoisotopic (exact) mass is 1350 g/mol. The number of benzene rings is 4. The van der Waals surface area contributed by atoms with Gasteiger partial charge in [-0.15, -0.1) is 0 Å². The topological polar surface area (TPSA) is 337 Å². The lowest BCUT2D eigenvalue weighted by Crippen LogP contribution is -2.60. The van der Waals surface area contributed by atoms with Crippen molar-refractivity contribution in [2.45, 2.75) is 99.6 Å². The molecule has 6 aromatic rings. The van der Waals surface area contributed by atoms with Crippen LogP contribution in [0.5, 0.6) is 5.75 Å².